The third-order valence-electron chi connectivity index (χ3n) is 4.34. The third-order valence-corrected chi connectivity index (χ3v) is 5.19. The number of carbonyl (C=O) groups excluding carboxylic acids is 1. The van der Waals surface area contributed by atoms with Crippen molar-refractivity contribution in [1.29, 1.82) is 0 Å². The Morgan fingerprint density at radius 3 is 2.44 bits per heavy atom. The first-order valence-electron chi connectivity index (χ1n) is 8.78. The number of ether oxygens (including phenoxy) is 2. The summed E-state index contributed by atoms with van der Waals surface area (Å²) in [6.45, 7) is 8.16. The quantitative estimate of drug-likeness (QED) is 0.575. The minimum Gasteiger partial charge on any atom is -0.496 e. The molecular weight excluding hydrogens is 430 g/mol. The molecule has 2 rings (SSSR count). The Labute approximate surface area is 174 Å². The zero-order chi connectivity index (χ0) is 20.1. The van der Waals surface area contributed by atoms with E-state index in [0.717, 1.165) is 22.4 Å². The summed E-state index contributed by atoms with van der Waals surface area (Å²) in [7, 11) is 1.68. The number of rotatable bonds is 7. The Morgan fingerprint density at radius 2 is 1.85 bits per heavy atom. The molecule has 0 aliphatic rings. The van der Waals surface area contributed by atoms with Gasteiger partial charge >= 0.3 is 0 Å². The number of halogens is 2. The van der Waals surface area contributed by atoms with Crippen LogP contribution in [0.3, 0.4) is 0 Å². The molecule has 27 heavy (non-hydrogen) atoms. The molecule has 0 unspecified atom stereocenters. The highest BCUT2D eigenvalue weighted by molar-refractivity contribution is 9.10. The minimum absolute atomic E-state index is 0.0726. The van der Waals surface area contributed by atoms with Gasteiger partial charge in [-0.3, -0.25) is 4.79 Å². The number of carbonyl (C=O) groups is 1. The Kier molecular flexibility index (Phi) is 7.57. The van der Waals surface area contributed by atoms with Crippen LogP contribution in [0, 0.1) is 6.92 Å². The molecule has 2 aromatic rings. The fourth-order valence-corrected chi connectivity index (χ4v) is 3.70. The lowest BCUT2D eigenvalue weighted by molar-refractivity contribution is -0.123. The van der Waals surface area contributed by atoms with E-state index in [-0.39, 0.29) is 18.6 Å². The summed E-state index contributed by atoms with van der Waals surface area (Å²) < 4.78 is 11.8. The van der Waals surface area contributed by atoms with Crippen LogP contribution in [0.25, 0.3) is 0 Å². The van der Waals surface area contributed by atoms with Crippen molar-refractivity contribution in [2.45, 2.75) is 39.7 Å². The van der Waals surface area contributed by atoms with E-state index in [0.29, 0.717) is 21.2 Å². The molecule has 0 aromatic heterocycles. The number of nitrogens with one attached hydrogen (secondary N) is 1. The summed E-state index contributed by atoms with van der Waals surface area (Å²) in [6.07, 6.45) is 0. The summed E-state index contributed by atoms with van der Waals surface area (Å²) in [6, 6.07) is 9.17. The SMILES string of the molecule is COc1cc(C)c([C@H](C)NC(=O)COc2ccc(Cl)cc2Br)cc1C(C)C. The standard InChI is InChI=1S/C21H25BrClNO3/c1-12(2)16-10-17(13(3)8-20(16)26-5)14(4)24-21(25)11-27-19-7-6-15(23)9-18(19)22/h6-10,12,14H,11H2,1-5H3,(H,24,25)/t14-/m0/s1. The predicted molar refractivity (Wildman–Crippen MR) is 113 cm³/mol. The third kappa shape index (κ3) is 5.63. The first-order valence-corrected chi connectivity index (χ1v) is 9.95. The average Bonchev–Trinajstić information content (AvgIpc) is 2.60. The lowest BCUT2D eigenvalue weighted by Crippen LogP contribution is -2.31. The fraction of sp³-hybridized carbons (Fsp3) is 0.381. The second-order valence-corrected chi connectivity index (χ2v) is 8.05. The second kappa shape index (κ2) is 9.47. The van der Waals surface area contributed by atoms with Crippen LogP contribution in [0.1, 0.15) is 49.4 Å². The molecule has 0 radical (unpaired) electrons. The number of benzene rings is 2. The van der Waals surface area contributed by atoms with Gasteiger partial charge in [0.1, 0.15) is 11.5 Å². The summed E-state index contributed by atoms with van der Waals surface area (Å²) >= 11 is 9.29. The van der Waals surface area contributed by atoms with Crippen molar-refractivity contribution in [3.05, 3.63) is 56.5 Å². The number of hydrogen-bond donors (Lipinski definition) is 1. The molecule has 0 saturated heterocycles. The van der Waals surface area contributed by atoms with E-state index in [9.17, 15) is 4.79 Å². The van der Waals surface area contributed by atoms with Crippen LogP contribution in [0.4, 0.5) is 0 Å². The molecule has 2 aromatic carbocycles. The maximum Gasteiger partial charge on any atom is 0.258 e. The number of hydrogen-bond acceptors (Lipinski definition) is 3. The predicted octanol–water partition coefficient (Wildman–Crippen LogP) is 5.80. The fourth-order valence-electron chi connectivity index (χ4n) is 2.91. The maximum absolute atomic E-state index is 12.3. The number of aryl methyl sites for hydroxylation is 1. The average molecular weight is 455 g/mol. The lowest BCUT2D eigenvalue weighted by Gasteiger charge is -2.21. The molecule has 1 atom stereocenters. The van der Waals surface area contributed by atoms with Gasteiger partial charge < -0.3 is 14.8 Å². The van der Waals surface area contributed by atoms with E-state index in [1.807, 2.05) is 19.9 Å². The van der Waals surface area contributed by atoms with Gasteiger partial charge in [0.15, 0.2) is 6.61 Å². The van der Waals surface area contributed by atoms with E-state index in [1.54, 1.807) is 25.3 Å². The van der Waals surface area contributed by atoms with Gasteiger partial charge in [0.25, 0.3) is 5.91 Å². The van der Waals surface area contributed by atoms with E-state index >= 15 is 0 Å². The first-order chi connectivity index (χ1) is 12.7. The monoisotopic (exact) mass is 453 g/mol. The van der Waals surface area contributed by atoms with Crippen LogP contribution < -0.4 is 14.8 Å². The van der Waals surface area contributed by atoms with Gasteiger partial charge in [0, 0.05) is 5.02 Å². The highest BCUT2D eigenvalue weighted by Crippen LogP contribution is 2.32. The summed E-state index contributed by atoms with van der Waals surface area (Å²) in [5.41, 5.74) is 3.27. The Hall–Kier alpha value is -1.72. The van der Waals surface area contributed by atoms with Gasteiger partial charge in [0.2, 0.25) is 0 Å². The van der Waals surface area contributed by atoms with Gasteiger partial charge in [-0.15, -0.1) is 0 Å². The highest BCUT2D eigenvalue weighted by atomic mass is 79.9. The van der Waals surface area contributed by atoms with Gasteiger partial charge in [-0.1, -0.05) is 25.4 Å². The zero-order valence-corrected chi connectivity index (χ0v) is 18.6. The van der Waals surface area contributed by atoms with Crippen molar-refractivity contribution < 1.29 is 14.3 Å². The maximum atomic E-state index is 12.3. The van der Waals surface area contributed by atoms with Crippen LogP contribution >= 0.6 is 27.5 Å². The molecule has 4 nitrogen and oxygen atoms in total. The summed E-state index contributed by atoms with van der Waals surface area (Å²) in [4.78, 5) is 12.3. The van der Waals surface area contributed by atoms with E-state index in [2.05, 4.69) is 41.2 Å². The van der Waals surface area contributed by atoms with Crippen LogP contribution in [0.2, 0.25) is 5.02 Å². The van der Waals surface area contributed by atoms with Crippen molar-refractivity contribution in [1.82, 2.24) is 5.32 Å². The minimum atomic E-state index is -0.189. The number of amides is 1. The Morgan fingerprint density at radius 1 is 1.15 bits per heavy atom. The largest absolute Gasteiger partial charge is 0.496 e. The van der Waals surface area contributed by atoms with Crippen LogP contribution in [-0.2, 0) is 4.79 Å². The zero-order valence-electron chi connectivity index (χ0n) is 16.2. The molecule has 0 fully saturated rings. The molecule has 0 bridgehead atoms. The summed E-state index contributed by atoms with van der Waals surface area (Å²) in [5.74, 6) is 1.59. The highest BCUT2D eigenvalue weighted by Gasteiger charge is 2.17. The molecule has 0 aliphatic heterocycles. The molecular formula is C21H25BrClNO3. The van der Waals surface area contributed by atoms with Gasteiger partial charge in [-0.25, -0.2) is 0 Å². The topological polar surface area (TPSA) is 47.6 Å². The summed E-state index contributed by atoms with van der Waals surface area (Å²) in [5, 5.41) is 3.60. The van der Waals surface area contributed by atoms with E-state index < -0.39 is 0 Å². The lowest BCUT2D eigenvalue weighted by atomic mass is 9.93. The van der Waals surface area contributed by atoms with Crippen molar-refractivity contribution in [3.8, 4) is 11.5 Å². The molecule has 146 valence electrons. The van der Waals surface area contributed by atoms with Crippen molar-refractivity contribution in [2.75, 3.05) is 13.7 Å². The van der Waals surface area contributed by atoms with E-state index in [4.69, 9.17) is 21.1 Å². The van der Waals surface area contributed by atoms with Crippen LogP contribution in [0.15, 0.2) is 34.8 Å². The Balaban J connectivity index is 2.06. The molecule has 0 aliphatic carbocycles. The molecule has 6 heteroatoms. The molecule has 0 saturated carbocycles. The molecule has 1 N–H and O–H groups in total. The van der Waals surface area contributed by atoms with Crippen molar-refractivity contribution >= 4 is 33.4 Å². The van der Waals surface area contributed by atoms with Crippen molar-refractivity contribution in [3.63, 3.8) is 0 Å². The first kappa shape index (κ1) is 21.6. The molecule has 1 amide bonds. The smallest absolute Gasteiger partial charge is 0.258 e. The van der Waals surface area contributed by atoms with Gasteiger partial charge in [-0.2, -0.15) is 0 Å². The number of methoxy groups -OCH3 is 1. The molecule has 0 spiro atoms. The Bertz CT molecular complexity index is 823. The van der Waals surface area contributed by atoms with Crippen LogP contribution in [0.5, 0.6) is 11.5 Å². The van der Waals surface area contributed by atoms with Crippen LogP contribution in [-0.4, -0.2) is 19.6 Å². The van der Waals surface area contributed by atoms with Gasteiger partial charge in [0.05, 0.1) is 17.6 Å². The van der Waals surface area contributed by atoms with Gasteiger partial charge in [-0.05, 0) is 82.7 Å². The second-order valence-electron chi connectivity index (χ2n) is 6.76. The van der Waals surface area contributed by atoms with E-state index in [1.165, 1.54) is 0 Å². The normalized spacial score (nSPS) is 12.0. The van der Waals surface area contributed by atoms with Crippen molar-refractivity contribution in [2.24, 2.45) is 0 Å². The molecule has 0 heterocycles.